The second-order valence-electron chi connectivity index (χ2n) is 8.19. The van der Waals surface area contributed by atoms with Crippen molar-refractivity contribution in [2.75, 3.05) is 32.7 Å². The van der Waals surface area contributed by atoms with Gasteiger partial charge < -0.3 is 15.1 Å². The number of likely N-dealkylation sites (tertiary alicyclic amines) is 1. The number of nitrogens with zero attached hydrogens (tertiary/aromatic N) is 2. The largest absolute Gasteiger partial charge is 0.340 e. The maximum Gasteiger partial charge on any atom is 0.236 e. The van der Waals surface area contributed by atoms with Gasteiger partial charge in [-0.1, -0.05) is 39.0 Å². The second-order valence-corrected chi connectivity index (χ2v) is 8.19. The highest BCUT2D eigenvalue weighted by Gasteiger charge is 2.34. The van der Waals surface area contributed by atoms with Crippen LogP contribution in [0.5, 0.6) is 0 Å². The van der Waals surface area contributed by atoms with Crippen molar-refractivity contribution in [2.24, 2.45) is 11.8 Å². The molecule has 3 rings (SSSR count). The van der Waals surface area contributed by atoms with Crippen molar-refractivity contribution < 1.29 is 9.59 Å². The lowest BCUT2D eigenvalue weighted by atomic mass is 9.81. The van der Waals surface area contributed by atoms with Gasteiger partial charge in [0.2, 0.25) is 11.8 Å². The van der Waals surface area contributed by atoms with Crippen LogP contribution in [0, 0.1) is 11.8 Å². The van der Waals surface area contributed by atoms with E-state index in [0.29, 0.717) is 12.5 Å². The second kappa shape index (κ2) is 10.5. The highest BCUT2D eigenvalue weighted by atomic mass is 35.5. The Kier molecular flexibility index (Phi) is 8.68. The van der Waals surface area contributed by atoms with Gasteiger partial charge in [-0.3, -0.25) is 9.59 Å². The SMILES string of the molecule is CCC(CC1CCCCC1)C(=O)N1CCCC(N2CCNCC2=O)C1.Cl. The Labute approximate surface area is 164 Å². The van der Waals surface area contributed by atoms with E-state index in [-0.39, 0.29) is 30.3 Å². The summed E-state index contributed by atoms with van der Waals surface area (Å²) in [5, 5.41) is 3.14. The third-order valence-corrected chi connectivity index (χ3v) is 6.46. The average molecular weight is 386 g/mol. The van der Waals surface area contributed by atoms with Gasteiger partial charge in [0.05, 0.1) is 6.54 Å². The Balaban J connectivity index is 0.00000243. The molecule has 150 valence electrons. The summed E-state index contributed by atoms with van der Waals surface area (Å²) >= 11 is 0. The normalized spacial score (nSPS) is 26.3. The van der Waals surface area contributed by atoms with E-state index in [9.17, 15) is 9.59 Å². The molecular weight excluding hydrogens is 350 g/mol. The maximum absolute atomic E-state index is 13.1. The van der Waals surface area contributed by atoms with Crippen molar-refractivity contribution in [3.05, 3.63) is 0 Å². The molecule has 2 unspecified atom stereocenters. The van der Waals surface area contributed by atoms with Crippen molar-refractivity contribution in [2.45, 2.75) is 70.8 Å². The minimum Gasteiger partial charge on any atom is -0.340 e. The fourth-order valence-electron chi connectivity index (χ4n) is 4.94. The first-order chi connectivity index (χ1) is 12.2. The molecule has 5 nitrogen and oxygen atoms in total. The lowest BCUT2D eigenvalue weighted by Gasteiger charge is -2.42. The van der Waals surface area contributed by atoms with Crippen LogP contribution >= 0.6 is 12.4 Å². The Morgan fingerprint density at radius 2 is 1.92 bits per heavy atom. The zero-order valence-electron chi connectivity index (χ0n) is 16.3. The van der Waals surface area contributed by atoms with Gasteiger partial charge in [-0.15, -0.1) is 12.4 Å². The molecule has 0 spiro atoms. The molecule has 1 aliphatic carbocycles. The first-order valence-corrected chi connectivity index (χ1v) is 10.5. The summed E-state index contributed by atoms with van der Waals surface area (Å²) in [5.74, 6) is 1.47. The Morgan fingerprint density at radius 3 is 2.62 bits per heavy atom. The average Bonchev–Trinajstić information content (AvgIpc) is 2.67. The highest BCUT2D eigenvalue weighted by Crippen LogP contribution is 2.31. The van der Waals surface area contributed by atoms with Crippen LogP contribution in [-0.4, -0.2) is 60.4 Å². The lowest BCUT2D eigenvalue weighted by molar-refractivity contribution is -0.143. The molecule has 6 heteroatoms. The predicted octanol–water partition coefficient (Wildman–Crippen LogP) is 2.83. The van der Waals surface area contributed by atoms with Gasteiger partial charge >= 0.3 is 0 Å². The molecule has 1 saturated carbocycles. The molecule has 0 aromatic carbocycles. The fraction of sp³-hybridized carbons (Fsp3) is 0.900. The summed E-state index contributed by atoms with van der Waals surface area (Å²) in [6, 6.07) is 0.222. The number of halogens is 1. The number of amides is 2. The van der Waals surface area contributed by atoms with Crippen LogP contribution in [0.1, 0.15) is 64.7 Å². The van der Waals surface area contributed by atoms with Crippen molar-refractivity contribution in [3.8, 4) is 0 Å². The molecule has 2 heterocycles. The van der Waals surface area contributed by atoms with Gasteiger partial charge in [0.25, 0.3) is 0 Å². The summed E-state index contributed by atoms with van der Waals surface area (Å²) in [6.07, 6.45) is 10.7. The quantitative estimate of drug-likeness (QED) is 0.791. The third-order valence-electron chi connectivity index (χ3n) is 6.46. The fourth-order valence-corrected chi connectivity index (χ4v) is 4.94. The van der Waals surface area contributed by atoms with Crippen LogP contribution in [0.25, 0.3) is 0 Å². The van der Waals surface area contributed by atoms with E-state index < -0.39 is 0 Å². The predicted molar refractivity (Wildman–Crippen MR) is 106 cm³/mol. The van der Waals surface area contributed by atoms with Gasteiger partial charge in [0.1, 0.15) is 0 Å². The van der Waals surface area contributed by atoms with Crippen LogP contribution in [0.3, 0.4) is 0 Å². The number of hydrogen-bond acceptors (Lipinski definition) is 3. The van der Waals surface area contributed by atoms with Gasteiger partial charge in [0, 0.05) is 38.1 Å². The molecular formula is C20H36ClN3O2. The molecule has 0 radical (unpaired) electrons. The molecule has 0 aromatic heterocycles. The number of carbonyl (C=O) groups is 2. The van der Waals surface area contributed by atoms with Crippen LogP contribution in [-0.2, 0) is 9.59 Å². The van der Waals surface area contributed by atoms with E-state index in [1.54, 1.807) is 0 Å². The van der Waals surface area contributed by atoms with Crippen LogP contribution in [0.15, 0.2) is 0 Å². The van der Waals surface area contributed by atoms with Crippen molar-refractivity contribution in [1.82, 2.24) is 15.1 Å². The van der Waals surface area contributed by atoms with Gasteiger partial charge in [0.15, 0.2) is 0 Å². The third kappa shape index (κ3) is 5.35. The Hall–Kier alpha value is -0.810. The topological polar surface area (TPSA) is 52.7 Å². The molecule has 3 fully saturated rings. The highest BCUT2D eigenvalue weighted by molar-refractivity contribution is 5.85. The van der Waals surface area contributed by atoms with Crippen molar-refractivity contribution >= 4 is 24.2 Å². The lowest BCUT2D eigenvalue weighted by Crippen LogP contribution is -2.58. The Bertz CT molecular complexity index is 468. The summed E-state index contributed by atoms with van der Waals surface area (Å²) in [7, 11) is 0. The standard InChI is InChI=1S/C20H35N3O2.ClH/c1-2-17(13-16-7-4-3-5-8-16)20(25)22-11-6-9-18(15-22)23-12-10-21-14-19(23)24;/h16-18,21H,2-15H2,1H3;1H. The molecule has 0 bridgehead atoms. The van der Waals surface area contributed by atoms with Crippen molar-refractivity contribution in [3.63, 3.8) is 0 Å². The van der Waals surface area contributed by atoms with Gasteiger partial charge in [-0.2, -0.15) is 0 Å². The summed E-state index contributed by atoms with van der Waals surface area (Å²) in [6.45, 7) is 5.87. The van der Waals surface area contributed by atoms with Gasteiger partial charge in [-0.05, 0) is 31.6 Å². The van der Waals surface area contributed by atoms with Crippen LogP contribution in [0.4, 0.5) is 0 Å². The minimum absolute atomic E-state index is 0. The smallest absolute Gasteiger partial charge is 0.236 e. The number of rotatable bonds is 5. The first-order valence-electron chi connectivity index (χ1n) is 10.5. The zero-order valence-corrected chi connectivity index (χ0v) is 17.1. The first kappa shape index (κ1) is 21.5. The van der Waals surface area contributed by atoms with Crippen molar-refractivity contribution in [1.29, 1.82) is 0 Å². The minimum atomic E-state index is 0. The molecule has 0 aromatic rings. The molecule has 3 aliphatic rings. The molecule has 2 atom stereocenters. The number of piperidine rings is 1. The number of piperazine rings is 1. The van der Waals surface area contributed by atoms with Crippen LogP contribution in [0.2, 0.25) is 0 Å². The molecule has 2 aliphatic heterocycles. The molecule has 2 saturated heterocycles. The summed E-state index contributed by atoms with van der Waals surface area (Å²) in [5.41, 5.74) is 0. The van der Waals surface area contributed by atoms with Gasteiger partial charge in [-0.25, -0.2) is 0 Å². The van der Waals surface area contributed by atoms with E-state index in [1.165, 1.54) is 32.1 Å². The van der Waals surface area contributed by atoms with E-state index >= 15 is 0 Å². The molecule has 26 heavy (non-hydrogen) atoms. The number of carbonyl (C=O) groups excluding carboxylic acids is 2. The van der Waals surface area contributed by atoms with E-state index in [0.717, 1.165) is 57.8 Å². The Morgan fingerprint density at radius 1 is 1.15 bits per heavy atom. The van der Waals surface area contributed by atoms with E-state index in [4.69, 9.17) is 0 Å². The van der Waals surface area contributed by atoms with Crippen LogP contribution < -0.4 is 5.32 Å². The summed E-state index contributed by atoms with van der Waals surface area (Å²) < 4.78 is 0. The molecule has 1 N–H and O–H groups in total. The maximum atomic E-state index is 13.1. The number of nitrogens with one attached hydrogen (secondary N) is 1. The summed E-state index contributed by atoms with van der Waals surface area (Å²) in [4.78, 5) is 29.4. The zero-order chi connectivity index (χ0) is 17.6. The number of hydrogen-bond donors (Lipinski definition) is 1. The monoisotopic (exact) mass is 385 g/mol. The van der Waals surface area contributed by atoms with E-state index in [1.807, 2.05) is 4.90 Å². The molecule has 2 amide bonds. The van der Waals surface area contributed by atoms with E-state index in [2.05, 4.69) is 17.1 Å².